The molecule has 0 aromatic rings. The number of rotatable bonds is 6. The molecule has 0 spiro atoms. The first-order valence-corrected chi connectivity index (χ1v) is 3.90. The highest BCUT2D eigenvalue weighted by Crippen LogP contribution is 2.26. The van der Waals surface area contributed by atoms with Crippen molar-refractivity contribution in [2.75, 3.05) is 6.61 Å². The van der Waals surface area contributed by atoms with Crippen LogP contribution in [0.3, 0.4) is 0 Å². The Balaban J connectivity index is 5.63. The lowest BCUT2D eigenvalue weighted by Gasteiger charge is -2.28. The molecule has 0 saturated heterocycles. The first-order valence-electron chi connectivity index (χ1n) is 3.90. The lowest BCUT2D eigenvalue weighted by Crippen LogP contribution is -2.59. The minimum atomic E-state index is -3.62. The molecule has 0 amide bonds. The van der Waals surface area contributed by atoms with Gasteiger partial charge in [-0.2, -0.15) is 0 Å². The summed E-state index contributed by atoms with van der Waals surface area (Å²) in [5.41, 5.74) is -3.62. The molecule has 0 aliphatic heterocycles. The first-order chi connectivity index (χ1) is 7.22. The third-order valence-corrected chi connectivity index (χ3v) is 2.01. The van der Waals surface area contributed by atoms with Gasteiger partial charge >= 0.3 is 17.9 Å². The predicted molar refractivity (Wildman–Crippen MR) is 44.4 cm³/mol. The first kappa shape index (κ1) is 14.3. The minimum absolute atomic E-state index is 1.18. The number of carbonyl (C=O) groups is 3. The van der Waals surface area contributed by atoms with Crippen LogP contribution in [-0.4, -0.2) is 67.4 Å². The topological polar surface area (TPSA) is 173 Å². The van der Waals surface area contributed by atoms with E-state index in [1.54, 1.807) is 0 Å². The van der Waals surface area contributed by atoms with Crippen LogP contribution in [0.5, 0.6) is 0 Å². The Labute approximate surface area is 88.2 Å². The van der Waals surface area contributed by atoms with E-state index in [4.69, 9.17) is 25.5 Å². The number of aliphatic carboxylic acids is 3. The van der Waals surface area contributed by atoms with Gasteiger partial charge in [0.2, 0.25) is 0 Å². The second-order valence-electron chi connectivity index (χ2n) is 2.92. The van der Waals surface area contributed by atoms with Gasteiger partial charge in [-0.1, -0.05) is 0 Å². The molecule has 0 rings (SSSR count). The monoisotopic (exact) mass is 238 g/mol. The summed E-state index contributed by atoms with van der Waals surface area (Å²) in [6.07, 6.45) is -4.90. The minimum Gasteiger partial charge on any atom is -0.480 e. The van der Waals surface area contributed by atoms with Gasteiger partial charge in [-0.05, 0) is 0 Å². The number of hydrogen-bond acceptors (Lipinski definition) is 6. The van der Waals surface area contributed by atoms with Gasteiger partial charge in [0.25, 0.3) is 5.41 Å². The van der Waals surface area contributed by atoms with Gasteiger partial charge in [0, 0.05) is 0 Å². The highest BCUT2D eigenvalue weighted by molar-refractivity contribution is 6.17. The Morgan fingerprint density at radius 2 is 1.25 bits per heavy atom. The van der Waals surface area contributed by atoms with E-state index >= 15 is 0 Å². The molecule has 92 valence electrons. The fourth-order valence-electron chi connectivity index (χ4n) is 1.04. The maximum Gasteiger partial charge on any atom is 0.335 e. The summed E-state index contributed by atoms with van der Waals surface area (Å²) in [5.74, 6) is -7.06. The Morgan fingerprint density at radius 1 is 0.938 bits per heavy atom. The molecule has 0 aliphatic carbocycles. The van der Waals surface area contributed by atoms with Gasteiger partial charge in [-0.25, -0.2) is 0 Å². The molecule has 0 aliphatic rings. The van der Waals surface area contributed by atoms with Crippen LogP contribution in [0.25, 0.3) is 0 Å². The number of carboxylic acids is 3. The normalized spacial score (nSPS) is 15.2. The smallest absolute Gasteiger partial charge is 0.335 e. The van der Waals surface area contributed by atoms with Crippen LogP contribution in [-0.2, 0) is 14.4 Å². The molecule has 6 N–H and O–H groups in total. The van der Waals surface area contributed by atoms with Crippen LogP contribution in [0, 0.1) is 5.41 Å². The molecule has 0 bridgehead atoms. The quantitative estimate of drug-likeness (QED) is 0.262. The zero-order valence-electron chi connectivity index (χ0n) is 7.77. The van der Waals surface area contributed by atoms with Crippen LogP contribution >= 0.6 is 0 Å². The molecule has 0 saturated carbocycles. The van der Waals surface area contributed by atoms with E-state index in [1.165, 1.54) is 0 Å². The van der Waals surface area contributed by atoms with E-state index < -0.39 is 42.1 Å². The fourth-order valence-corrected chi connectivity index (χ4v) is 1.04. The molecule has 9 heteroatoms. The van der Waals surface area contributed by atoms with Crippen LogP contribution in [0.15, 0.2) is 0 Å². The summed E-state index contributed by atoms with van der Waals surface area (Å²) in [4.78, 5) is 32.0. The Bertz CT molecular complexity index is 273. The van der Waals surface area contributed by atoms with Gasteiger partial charge in [0.05, 0.1) is 6.61 Å². The van der Waals surface area contributed by atoms with Gasteiger partial charge in [0.1, 0.15) is 12.2 Å². The lowest BCUT2D eigenvalue weighted by molar-refractivity contribution is -0.191. The van der Waals surface area contributed by atoms with Gasteiger partial charge in [-0.15, -0.1) is 0 Å². The predicted octanol–water partition coefficient (Wildman–Crippen LogP) is -3.06. The van der Waals surface area contributed by atoms with Crippen LogP contribution in [0.1, 0.15) is 0 Å². The number of hydrogen-bond donors (Lipinski definition) is 6. The molecule has 0 aromatic heterocycles. The van der Waals surface area contributed by atoms with Crippen LogP contribution in [0.4, 0.5) is 0 Å². The van der Waals surface area contributed by atoms with Crippen LogP contribution < -0.4 is 0 Å². The van der Waals surface area contributed by atoms with Crippen molar-refractivity contribution < 1.29 is 45.0 Å². The van der Waals surface area contributed by atoms with Gasteiger partial charge in [-0.3, -0.25) is 14.4 Å². The molecule has 2 atom stereocenters. The van der Waals surface area contributed by atoms with Crippen molar-refractivity contribution in [2.24, 2.45) is 5.41 Å². The van der Waals surface area contributed by atoms with E-state index in [9.17, 15) is 19.5 Å². The maximum atomic E-state index is 10.7. The summed E-state index contributed by atoms with van der Waals surface area (Å²) >= 11 is 0. The van der Waals surface area contributed by atoms with Gasteiger partial charge in [0.15, 0.2) is 0 Å². The molecule has 0 radical (unpaired) electrons. The average Bonchev–Trinajstić information content (AvgIpc) is 2.15. The standard InChI is InChI=1S/C7H10O9/c8-1-2(9)3(10)7(4(11)12,5(13)14)6(15)16/h2-3,8-10H,1H2,(H,11,12)(H,13,14)(H,15,16). The summed E-state index contributed by atoms with van der Waals surface area (Å²) in [6.45, 7) is -1.18. The van der Waals surface area contributed by atoms with Gasteiger partial charge < -0.3 is 30.6 Å². The molecule has 16 heavy (non-hydrogen) atoms. The van der Waals surface area contributed by atoms with E-state index in [2.05, 4.69) is 0 Å². The molecule has 0 fully saturated rings. The fraction of sp³-hybridized carbons (Fsp3) is 0.571. The van der Waals surface area contributed by atoms with E-state index in [0.717, 1.165) is 0 Å². The lowest BCUT2D eigenvalue weighted by atomic mass is 9.79. The molecule has 2 unspecified atom stereocenters. The summed E-state index contributed by atoms with van der Waals surface area (Å²) in [5, 5.41) is 52.2. The molecule has 9 nitrogen and oxygen atoms in total. The SMILES string of the molecule is O=C(O)C(C(=O)O)(C(=O)O)C(O)C(O)CO. The van der Waals surface area contributed by atoms with E-state index in [0.29, 0.717) is 0 Å². The largest absolute Gasteiger partial charge is 0.480 e. The zero-order valence-corrected chi connectivity index (χ0v) is 7.77. The molecule has 0 aromatic carbocycles. The Morgan fingerprint density at radius 3 is 1.44 bits per heavy atom. The van der Waals surface area contributed by atoms with Crippen LogP contribution in [0.2, 0.25) is 0 Å². The highest BCUT2D eigenvalue weighted by atomic mass is 16.4. The van der Waals surface area contributed by atoms with Crippen molar-refractivity contribution in [3.05, 3.63) is 0 Å². The second kappa shape index (κ2) is 4.88. The third-order valence-electron chi connectivity index (χ3n) is 2.01. The van der Waals surface area contributed by atoms with Crippen molar-refractivity contribution in [3.63, 3.8) is 0 Å². The van der Waals surface area contributed by atoms with Crippen molar-refractivity contribution in [3.8, 4) is 0 Å². The molecular formula is C7H10O9. The van der Waals surface area contributed by atoms with E-state index in [-0.39, 0.29) is 0 Å². The van der Waals surface area contributed by atoms with Crippen molar-refractivity contribution in [1.82, 2.24) is 0 Å². The maximum absolute atomic E-state index is 10.7. The number of aliphatic hydroxyl groups excluding tert-OH is 3. The van der Waals surface area contributed by atoms with E-state index in [1.807, 2.05) is 0 Å². The number of aliphatic hydroxyl groups is 3. The Kier molecular flexibility index (Phi) is 4.35. The number of carboxylic acid groups (broad SMARTS) is 3. The summed E-state index contributed by atoms with van der Waals surface area (Å²) in [6, 6.07) is 0. The molecule has 0 heterocycles. The second-order valence-corrected chi connectivity index (χ2v) is 2.92. The highest BCUT2D eigenvalue weighted by Gasteiger charge is 2.62. The summed E-state index contributed by atoms with van der Waals surface area (Å²) < 4.78 is 0. The van der Waals surface area contributed by atoms with Crippen molar-refractivity contribution in [2.45, 2.75) is 12.2 Å². The zero-order chi connectivity index (χ0) is 13.1. The average molecular weight is 238 g/mol. The van der Waals surface area contributed by atoms with Crippen molar-refractivity contribution in [1.29, 1.82) is 0 Å². The third kappa shape index (κ3) is 1.96. The van der Waals surface area contributed by atoms with Crippen molar-refractivity contribution >= 4 is 17.9 Å². The molecular weight excluding hydrogens is 228 g/mol. The Hall–Kier alpha value is -1.71. The summed E-state index contributed by atoms with van der Waals surface area (Å²) in [7, 11) is 0.